The van der Waals surface area contributed by atoms with Crippen molar-refractivity contribution < 1.29 is 81.6 Å². The van der Waals surface area contributed by atoms with Crippen molar-refractivity contribution in [2.45, 2.75) is 68.6 Å². The first-order valence-corrected chi connectivity index (χ1v) is 25.1. The van der Waals surface area contributed by atoms with E-state index in [9.17, 15) is 34.2 Å². The van der Waals surface area contributed by atoms with Crippen LogP contribution in [-0.2, 0) is 25.6 Å². The zero-order chi connectivity index (χ0) is 54.0. The summed E-state index contributed by atoms with van der Waals surface area (Å²) in [6.45, 7) is 13.8. The quantitative estimate of drug-likeness (QED) is 0.0240. The van der Waals surface area contributed by atoms with Crippen molar-refractivity contribution in [3.63, 3.8) is 0 Å². The van der Waals surface area contributed by atoms with E-state index in [1.807, 2.05) is 13.8 Å². The van der Waals surface area contributed by atoms with Crippen molar-refractivity contribution >= 4 is 53.4 Å². The van der Waals surface area contributed by atoms with Crippen molar-refractivity contribution in [2.75, 3.05) is 47.8 Å². The van der Waals surface area contributed by atoms with Crippen molar-refractivity contribution in [2.24, 2.45) is 5.92 Å². The monoisotopic (exact) mass is 1070 g/mol. The topological polar surface area (TPSA) is 222 Å². The van der Waals surface area contributed by atoms with Crippen LogP contribution in [0.5, 0.6) is 40.2 Å². The fourth-order valence-corrected chi connectivity index (χ4v) is 9.22. The number of ether oxygens (including phenoxy) is 10. The van der Waals surface area contributed by atoms with Crippen LogP contribution >= 0.6 is 23.5 Å². The van der Waals surface area contributed by atoms with Crippen LogP contribution in [0.1, 0.15) is 87.0 Å². The van der Waals surface area contributed by atoms with E-state index in [1.54, 1.807) is 38.3 Å². The lowest BCUT2D eigenvalue weighted by molar-refractivity contribution is -0.139. The number of hydrogen-bond acceptors (Lipinski definition) is 19. The average molecular weight is 1070 g/mol. The lowest BCUT2D eigenvalue weighted by Crippen LogP contribution is -2.13. The number of fused-ring (bicyclic) bond motifs is 1. The zero-order valence-corrected chi connectivity index (χ0v) is 43.5. The van der Waals surface area contributed by atoms with Crippen LogP contribution in [0.3, 0.4) is 0 Å². The number of benzene rings is 5. The van der Waals surface area contributed by atoms with Crippen molar-refractivity contribution in [3.8, 4) is 40.2 Å². The summed E-state index contributed by atoms with van der Waals surface area (Å²) in [7, 11) is 4.54. The third-order valence-electron chi connectivity index (χ3n) is 11.3. The summed E-state index contributed by atoms with van der Waals surface area (Å²) in [6.07, 6.45) is 1.45. The first-order chi connectivity index (χ1) is 36.2. The molecule has 0 spiro atoms. The number of aliphatic hydroxyl groups is 2. The Balaban J connectivity index is 1.16. The lowest BCUT2D eigenvalue weighted by Gasteiger charge is -2.13. The zero-order valence-electron chi connectivity index (χ0n) is 41.9. The number of carbonyl (C=O) groups is 5. The molecule has 6 rings (SSSR count). The van der Waals surface area contributed by atoms with Crippen LogP contribution in [0.25, 0.3) is 4.85 Å². The fraction of sp³-hybridized carbons (Fsp3) is 0.309. The minimum atomic E-state index is -0.888. The smallest absolute Gasteiger partial charge is 0.347 e. The van der Waals surface area contributed by atoms with Crippen LogP contribution < -0.4 is 33.2 Å². The molecule has 0 saturated carbocycles. The second kappa shape index (κ2) is 27.8. The van der Waals surface area contributed by atoms with Crippen molar-refractivity contribution in [3.05, 3.63) is 146 Å². The van der Waals surface area contributed by atoms with Crippen LogP contribution in [0, 0.1) is 12.5 Å². The summed E-state index contributed by atoms with van der Waals surface area (Å²) in [6, 6.07) is 23.3. The Hall–Kier alpha value is -7.38. The molecular weight excluding hydrogens is 1010 g/mol. The highest BCUT2D eigenvalue weighted by molar-refractivity contribution is 8.24. The molecule has 0 saturated heterocycles. The third-order valence-corrected chi connectivity index (χ3v) is 13.9. The molecule has 394 valence electrons. The van der Waals surface area contributed by atoms with E-state index in [-0.39, 0.29) is 102 Å². The largest absolute Gasteiger partial charge is 0.496 e. The second-order valence-electron chi connectivity index (χ2n) is 16.7. The maximum atomic E-state index is 13.7. The molecule has 1 aliphatic rings. The van der Waals surface area contributed by atoms with Gasteiger partial charge < -0.3 is 57.6 Å². The van der Waals surface area contributed by atoms with Gasteiger partial charge >= 0.3 is 29.8 Å². The van der Waals surface area contributed by atoms with Gasteiger partial charge in [-0.25, -0.2) is 24.0 Å². The molecule has 0 bridgehead atoms. The van der Waals surface area contributed by atoms with Crippen LogP contribution in [0.2, 0.25) is 0 Å². The number of rotatable bonds is 25. The maximum Gasteiger partial charge on any atom is 0.347 e. The fourth-order valence-electron chi connectivity index (χ4n) is 6.67. The highest BCUT2D eigenvalue weighted by Crippen LogP contribution is 2.59. The van der Waals surface area contributed by atoms with Gasteiger partial charge in [0.05, 0.1) is 83.0 Å². The van der Waals surface area contributed by atoms with E-state index in [0.717, 1.165) is 23.5 Å². The number of nitrogens with zero attached hydrogens (tertiary/aromatic N) is 1. The standard InChI is InChI=1S/C55H55NO17S2/c1-32(30-57)22-25-67-41-17-19-43(46(29-41)66-7)53(62)71-39-14-10-36(11-15-39)51(60)73-45-21-20-44(48-49(45)75-55(74-48)47(56-4)54(63)69-27-24-34(3)65-6)72-50(59)35-8-12-38(13-9-35)70-52(61)42-18-16-40(28-37(42)31-58)68-26-23-33(2)64-5/h8-21,28-29,32-34,57-58H,22-27,30-31H2,1-3,5-7H3/b55-47-. The van der Waals surface area contributed by atoms with Gasteiger partial charge in [0.1, 0.15) is 45.8 Å². The summed E-state index contributed by atoms with van der Waals surface area (Å²) >= 11 is 1.89. The molecule has 1 aliphatic heterocycles. The summed E-state index contributed by atoms with van der Waals surface area (Å²) in [5.74, 6) is -2.53. The molecule has 0 amide bonds. The molecule has 75 heavy (non-hydrogen) atoms. The predicted molar refractivity (Wildman–Crippen MR) is 275 cm³/mol. The number of carbonyl (C=O) groups excluding carboxylic acids is 5. The van der Waals surface area contributed by atoms with Crippen LogP contribution in [-0.4, -0.2) is 100 Å². The molecule has 20 heteroatoms. The first kappa shape index (κ1) is 56.9. The van der Waals surface area contributed by atoms with E-state index in [4.69, 9.17) is 53.9 Å². The van der Waals surface area contributed by atoms with Gasteiger partial charge in [0.15, 0.2) is 0 Å². The molecule has 3 unspecified atom stereocenters. The van der Waals surface area contributed by atoms with Gasteiger partial charge in [-0.15, -0.1) is 0 Å². The number of aliphatic hydroxyl groups excluding tert-OH is 2. The molecule has 3 atom stereocenters. The Labute approximate surface area is 441 Å². The second-order valence-corrected chi connectivity index (χ2v) is 19.0. The average Bonchev–Trinajstić information content (AvgIpc) is 3.87. The lowest BCUT2D eigenvalue weighted by atomic mass is 10.1. The third kappa shape index (κ3) is 15.6. The summed E-state index contributed by atoms with van der Waals surface area (Å²) in [5.41, 5.74) is 0.336. The number of esters is 5. The van der Waals surface area contributed by atoms with Gasteiger partial charge in [-0.1, -0.05) is 30.4 Å². The van der Waals surface area contributed by atoms with Crippen molar-refractivity contribution in [1.82, 2.24) is 0 Å². The van der Waals surface area contributed by atoms with Gasteiger partial charge in [-0.2, -0.15) is 0 Å². The number of hydrogen-bond donors (Lipinski definition) is 2. The Bertz CT molecular complexity index is 2750. The Morgan fingerprint density at radius 2 is 1.04 bits per heavy atom. The molecule has 5 aromatic rings. The summed E-state index contributed by atoms with van der Waals surface area (Å²) < 4.78 is 55.8. The van der Waals surface area contributed by atoms with Crippen molar-refractivity contribution in [1.29, 1.82) is 0 Å². The van der Waals surface area contributed by atoms with Gasteiger partial charge in [0.25, 0.3) is 5.70 Å². The Morgan fingerprint density at radius 3 is 1.53 bits per heavy atom. The summed E-state index contributed by atoms with van der Waals surface area (Å²) in [4.78, 5) is 70.9. The molecule has 0 aromatic heterocycles. The molecule has 2 N–H and O–H groups in total. The molecule has 1 heterocycles. The van der Waals surface area contributed by atoms with Gasteiger partial charge in [0, 0.05) is 39.7 Å². The predicted octanol–water partition coefficient (Wildman–Crippen LogP) is 9.52. The molecule has 5 aromatic carbocycles. The van der Waals surface area contributed by atoms with Gasteiger partial charge in [-0.3, -0.25) is 4.79 Å². The van der Waals surface area contributed by atoms with E-state index in [0.29, 0.717) is 49.5 Å². The highest BCUT2D eigenvalue weighted by Gasteiger charge is 2.33. The normalized spacial score (nSPS) is 13.5. The van der Waals surface area contributed by atoms with E-state index < -0.39 is 36.5 Å². The summed E-state index contributed by atoms with van der Waals surface area (Å²) in [5, 5.41) is 19.3. The Kier molecular flexibility index (Phi) is 21.1. The SMILES string of the molecule is [C-]#[N+]/C(C(=O)OCCC(C)OC)=C1/Sc2c(OC(=O)c3ccc(OC(=O)c4ccc(OCCC(C)OC)cc4CO)cc3)ccc(OC(=O)c3ccc(OC(=O)c4ccc(OCCC(C)CO)cc4OC)cc3)c2S1. The van der Waals surface area contributed by atoms with Gasteiger partial charge in [0.2, 0.25) is 0 Å². The minimum Gasteiger partial charge on any atom is -0.496 e. The molecule has 18 nitrogen and oxygen atoms in total. The number of thioether (sulfide) groups is 2. The molecule has 0 aliphatic carbocycles. The Morgan fingerprint density at radius 1 is 0.560 bits per heavy atom. The molecule has 0 fully saturated rings. The highest BCUT2D eigenvalue weighted by atomic mass is 32.2. The number of methoxy groups -OCH3 is 3. The van der Waals surface area contributed by atoms with Gasteiger partial charge in [-0.05, 0) is 123 Å². The van der Waals surface area contributed by atoms with Crippen LogP contribution in [0.15, 0.2) is 117 Å². The van der Waals surface area contributed by atoms with E-state index in [2.05, 4.69) is 4.85 Å². The maximum absolute atomic E-state index is 13.7. The van der Waals surface area contributed by atoms with E-state index in [1.165, 1.54) is 87.0 Å². The first-order valence-electron chi connectivity index (χ1n) is 23.4. The minimum absolute atomic E-state index is 0.00450. The molecular formula is C55H55NO17S2. The van der Waals surface area contributed by atoms with E-state index >= 15 is 0 Å². The molecule has 0 radical (unpaired) electrons. The van der Waals surface area contributed by atoms with Crippen LogP contribution in [0.4, 0.5) is 0 Å².